The van der Waals surface area contributed by atoms with E-state index in [4.69, 9.17) is 0 Å². The van der Waals surface area contributed by atoms with E-state index in [-0.39, 0.29) is 5.70 Å². The Bertz CT molecular complexity index is 736. The molecule has 0 N–H and O–H groups in total. The summed E-state index contributed by atoms with van der Waals surface area (Å²) < 4.78 is 4.58. The van der Waals surface area contributed by atoms with Gasteiger partial charge in [0.05, 0.1) is 18.9 Å². The summed E-state index contributed by atoms with van der Waals surface area (Å²) in [7, 11) is 4.77. The summed E-state index contributed by atoms with van der Waals surface area (Å²) in [6, 6.07) is 9.68. The number of hydrogen-bond acceptors (Lipinski definition) is 6. The highest BCUT2D eigenvalue weighted by Gasteiger charge is 2.33. The van der Waals surface area contributed by atoms with Gasteiger partial charge in [0.25, 0.3) is 5.91 Å². The van der Waals surface area contributed by atoms with Gasteiger partial charge in [-0.25, -0.2) is 9.79 Å². The van der Waals surface area contributed by atoms with Crippen LogP contribution in [0.4, 0.5) is 0 Å². The molecule has 0 spiro atoms. The second-order valence-corrected chi connectivity index (χ2v) is 5.64. The normalized spacial score (nSPS) is 16.2. The van der Waals surface area contributed by atoms with Crippen molar-refractivity contribution in [2.45, 2.75) is 19.8 Å². The maximum atomic E-state index is 12.6. The van der Waals surface area contributed by atoms with Crippen molar-refractivity contribution < 1.29 is 14.3 Å². The average Bonchev–Trinajstić information content (AvgIpc) is 2.91. The van der Waals surface area contributed by atoms with Crippen molar-refractivity contribution in [3.05, 3.63) is 47.7 Å². The predicted molar refractivity (Wildman–Crippen MR) is 96.0 cm³/mol. The molecule has 1 heterocycles. The van der Waals surface area contributed by atoms with Gasteiger partial charge >= 0.3 is 5.97 Å². The van der Waals surface area contributed by atoms with Crippen molar-refractivity contribution in [2.24, 2.45) is 10.1 Å². The number of carbonyl (C=O) groups is 2. The topological polar surface area (TPSA) is 74.6 Å². The maximum absolute atomic E-state index is 12.6. The molecule has 0 unspecified atom stereocenters. The van der Waals surface area contributed by atoms with E-state index in [0.717, 1.165) is 23.8 Å². The summed E-state index contributed by atoms with van der Waals surface area (Å²) >= 11 is 0. The molecule has 0 aromatic heterocycles. The number of guanidine groups is 1. The number of benzene rings is 1. The second-order valence-electron chi connectivity index (χ2n) is 5.64. The van der Waals surface area contributed by atoms with Gasteiger partial charge < -0.3 is 9.64 Å². The van der Waals surface area contributed by atoms with Gasteiger partial charge in [-0.2, -0.15) is 10.1 Å². The van der Waals surface area contributed by atoms with Gasteiger partial charge in [0.1, 0.15) is 5.70 Å². The number of rotatable bonds is 5. The number of amides is 1. The van der Waals surface area contributed by atoms with Crippen LogP contribution in [0.2, 0.25) is 0 Å². The van der Waals surface area contributed by atoms with Crippen LogP contribution in [0.15, 0.2) is 52.2 Å². The Morgan fingerprint density at radius 2 is 2.00 bits per heavy atom. The fourth-order valence-electron chi connectivity index (χ4n) is 2.29. The lowest BCUT2D eigenvalue weighted by Crippen LogP contribution is -2.37. The van der Waals surface area contributed by atoms with E-state index >= 15 is 0 Å². The third kappa shape index (κ3) is 4.32. The summed E-state index contributed by atoms with van der Waals surface area (Å²) in [6.07, 6.45) is 2.67. The highest BCUT2D eigenvalue weighted by molar-refractivity contribution is 6.14. The second kappa shape index (κ2) is 8.23. The van der Waals surface area contributed by atoms with Crippen LogP contribution in [0.3, 0.4) is 0 Å². The molecule has 1 amide bonds. The Morgan fingerprint density at radius 1 is 1.32 bits per heavy atom. The van der Waals surface area contributed by atoms with Gasteiger partial charge in [-0.05, 0) is 12.0 Å². The monoisotopic (exact) mass is 342 g/mol. The fraction of sp³-hybridized carbons (Fsp3) is 0.333. The van der Waals surface area contributed by atoms with E-state index in [0.29, 0.717) is 12.4 Å². The minimum Gasteiger partial charge on any atom is -0.466 e. The lowest BCUT2D eigenvalue weighted by molar-refractivity contribution is -0.135. The van der Waals surface area contributed by atoms with Crippen molar-refractivity contribution in [1.29, 1.82) is 0 Å². The van der Waals surface area contributed by atoms with Crippen molar-refractivity contribution >= 4 is 23.5 Å². The van der Waals surface area contributed by atoms with E-state index in [1.54, 1.807) is 19.0 Å². The molecule has 0 radical (unpaired) electrons. The van der Waals surface area contributed by atoms with Gasteiger partial charge in [0.2, 0.25) is 5.96 Å². The SMILES string of the molecule is CCC/C(=N/N1C(=O)/C(=C/C(=O)OC)N=C1N(C)C)c1ccccc1. The zero-order valence-electron chi connectivity index (χ0n) is 14.9. The summed E-state index contributed by atoms with van der Waals surface area (Å²) in [5.41, 5.74) is 1.73. The van der Waals surface area contributed by atoms with E-state index in [1.165, 1.54) is 12.1 Å². The lowest BCUT2D eigenvalue weighted by atomic mass is 10.1. The van der Waals surface area contributed by atoms with E-state index < -0.39 is 11.9 Å². The lowest BCUT2D eigenvalue weighted by Gasteiger charge is -2.19. The van der Waals surface area contributed by atoms with Crippen LogP contribution in [0.25, 0.3) is 0 Å². The van der Waals surface area contributed by atoms with Crippen LogP contribution < -0.4 is 0 Å². The molecule has 0 saturated carbocycles. The zero-order chi connectivity index (χ0) is 18.4. The Labute approximate surface area is 147 Å². The molecule has 1 aromatic carbocycles. The van der Waals surface area contributed by atoms with Crippen LogP contribution in [0.1, 0.15) is 25.3 Å². The summed E-state index contributed by atoms with van der Waals surface area (Å²) in [6.45, 7) is 2.05. The molecule has 1 aromatic rings. The molecule has 2 rings (SSSR count). The van der Waals surface area contributed by atoms with Gasteiger partial charge in [-0.1, -0.05) is 43.7 Å². The molecule has 25 heavy (non-hydrogen) atoms. The van der Waals surface area contributed by atoms with E-state index in [2.05, 4.69) is 14.8 Å². The van der Waals surface area contributed by atoms with Crippen LogP contribution in [0, 0.1) is 0 Å². The number of ether oxygens (including phenoxy) is 1. The summed E-state index contributed by atoms with van der Waals surface area (Å²) in [4.78, 5) is 30.0. The minimum absolute atomic E-state index is 0.00297. The number of esters is 1. The Kier molecular flexibility index (Phi) is 6.05. The molecule has 1 aliphatic rings. The average molecular weight is 342 g/mol. The van der Waals surface area contributed by atoms with E-state index in [9.17, 15) is 9.59 Å². The van der Waals surface area contributed by atoms with Crippen molar-refractivity contribution in [3.8, 4) is 0 Å². The number of hydrogen-bond donors (Lipinski definition) is 0. The standard InChI is InChI=1S/C18H22N4O3/c1-5-9-14(13-10-7-6-8-11-13)20-22-17(24)15(12-16(23)25-4)19-18(22)21(2)3/h6-8,10-12H,5,9H2,1-4H3/b15-12-,20-14-. The maximum Gasteiger partial charge on any atom is 0.332 e. The number of hydrazone groups is 1. The van der Waals surface area contributed by atoms with Crippen LogP contribution in [-0.4, -0.2) is 54.7 Å². The first-order valence-electron chi connectivity index (χ1n) is 8.01. The molecular formula is C18H22N4O3. The van der Waals surface area contributed by atoms with Crippen molar-refractivity contribution in [3.63, 3.8) is 0 Å². The minimum atomic E-state index is -0.632. The molecule has 0 saturated heterocycles. The largest absolute Gasteiger partial charge is 0.466 e. The molecule has 0 bridgehead atoms. The Balaban J connectivity index is 2.44. The van der Waals surface area contributed by atoms with Crippen LogP contribution in [-0.2, 0) is 14.3 Å². The number of aliphatic imine (C=N–C) groups is 1. The first-order valence-corrected chi connectivity index (χ1v) is 8.01. The summed E-state index contributed by atoms with van der Waals surface area (Å²) in [5.74, 6) is -0.740. The van der Waals surface area contributed by atoms with Crippen molar-refractivity contribution in [1.82, 2.24) is 9.91 Å². The highest BCUT2D eigenvalue weighted by Crippen LogP contribution is 2.19. The van der Waals surface area contributed by atoms with E-state index in [1.807, 2.05) is 37.3 Å². The Hall–Kier alpha value is -2.96. The van der Waals surface area contributed by atoms with Crippen LogP contribution >= 0.6 is 0 Å². The van der Waals surface area contributed by atoms with Gasteiger partial charge in [-0.3, -0.25) is 4.79 Å². The van der Waals surface area contributed by atoms with Gasteiger partial charge in [-0.15, -0.1) is 0 Å². The molecule has 132 valence electrons. The predicted octanol–water partition coefficient (Wildman–Crippen LogP) is 2.01. The summed E-state index contributed by atoms with van der Waals surface area (Å²) in [5, 5.41) is 5.77. The number of methoxy groups -OCH3 is 1. The molecular weight excluding hydrogens is 320 g/mol. The van der Waals surface area contributed by atoms with Crippen molar-refractivity contribution in [2.75, 3.05) is 21.2 Å². The fourth-order valence-corrected chi connectivity index (χ4v) is 2.29. The molecule has 7 heteroatoms. The first-order chi connectivity index (χ1) is 12.0. The van der Waals surface area contributed by atoms with Gasteiger partial charge in [0, 0.05) is 14.1 Å². The smallest absolute Gasteiger partial charge is 0.332 e. The van der Waals surface area contributed by atoms with Gasteiger partial charge in [0.15, 0.2) is 0 Å². The first kappa shape index (κ1) is 18.4. The number of nitrogens with zero attached hydrogens (tertiary/aromatic N) is 4. The molecule has 0 fully saturated rings. The molecule has 7 nitrogen and oxygen atoms in total. The quantitative estimate of drug-likeness (QED) is 0.466. The third-order valence-electron chi connectivity index (χ3n) is 3.49. The molecule has 1 aliphatic heterocycles. The highest BCUT2D eigenvalue weighted by atomic mass is 16.5. The Morgan fingerprint density at radius 3 is 2.56 bits per heavy atom. The third-order valence-corrected chi connectivity index (χ3v) is 3.49. The molecule has 0 atom stereocenters. The zero-order valence-corrected chi connectivity index (χ0v) is 14.9. The molecule has 0 aliphatic carbocycles. The van der Waals surface area contributed by atoms with Crippen LogP contribution in [0.5, 0.6) is 0 Å². The number of carbonyl (C=O) groups excluding carboxylic acids is 2.